The Labute approximate surface area is 192 Å². The second-order valence-corrected chi connectivity index (χ2v) is 7.84. The van der Waals surface area contributed by atoms with E-state index in [2.05, 4.69) is 15.1 Å². The summed E-state index contributed by atoms with van der Waals surface area (Å²) in [6, 6.07) is 7.89. The van der Waals surface area contributed by atoms with Crippen LogP contribution in [0.5, 0.6) is 5.75 Å². The molecule has 0 bridgehead atoms. The summed E-state index contributed by atoms with van der Waals surface area (Å²) in [5.74, 6) is 0.123. The summed E-state index contributed by atoms with van der Waals surface area (Å²) in [7, 11) is 1.64. The Kier molecular flexibility index (Phi) is 6.67. The molecule has 1 aliphatic heterocycles. The summed E-state index contributed by atoms with van der Waals surface area (Å²) in [6.07, 6.45) is 4.40. The van der Waals surface area contributed by atoms with E-state index in [0.29, 0.717) is 19.5 Å². The average molecular weight is 450 g/mol. The fourth-order valence-corrected chi connectivity index (χ4v) is 3.90. The van der Waals surface area contributed by atoms with Crippen molar-refractivity contribution in [2.45, 2.75) is 39.8 Å². The topological polar surface area (TPSA) is 99.4 Å². The first-order chi connectivity index (χ1) is 16.0. The predicted octanol–water partition coefficient (Wildman–Crippen LogP) is 2.61. The lowest BCUT2D eigenvalue weighted by Crippen LogP contribution is -2.37. The van der Waals surface area contributed by atoms with E-state index in [4.69, 9.17) is 9.47 Å². The van der Waals surface area contributed by atoms with Gasteiger partial charge >= 0.3 is 5.97 Å². The first-order valence-electron chi connectivity index (χ1n) is 11.0. The Morgan fingerprint density at radius 1 is 1.12 bits per heavy atom. The Hall–Kier alpha value is -3.75. The van der Waals surface area contributed by atoms with Crippen LogP contribution < -0.4 is 4.74 Å². The van der Waals surface area contributed by atoms with Crippen molar-refractivity contribution in [3.8, 4) is 5.75 Å². The Morgan fingerprint density at radius 2 is 1.91 bits per heavy atom. The summed E-state index contributed by atoms with van der Waals surface area (Å²) in [6.45, 7) is 5.24. The molecule has 3 aromatic rings. The van der Waals surface area contributed by atoms with Crippen LogP contribution in [0.4, 0.5) is 0 Å². The number of aromatic nitrogens is 4. The van der Waals surface area contributed by atoms with Gasteiger partial charge in [0.1, 0.15) is 11.4 Å². The summed E-state index contributed by atoms with van der Waals surface area (Å²) < 4.78 is 12.3. The largest absolute Gasteiger partial charge is 0.497 e. The molecule has 33 heavy (non-hydrogen) atoms. The number of carbonyl (C=O) groups is 2. The minimum absolute atomic E-state index is 0.214. The molecule has 9 heteroatoms. The molecule has 0 radical (unpaired) electrons. The lowest BCUT2D eigenvalue weighted by Gasteiger charge is -2.27. The van der Waals surface area contributed by atoms with Gasteiger partial charge in [-0.2, -0.15) is 5.10 Å². The summed E-state index contributed by atoms with van der Waals surface area (Å²) in [5, 5.41) is 4.59. The van der Waals surface area contributed by atoms with Crippen LogP contribution >= 0.6 is 0 Å². The van der Waals surface area contributed by atoms with Crippen LogP contribution in [0.1, 0.15) is 50.4 Å². The molecule has 1 aliphatic rings. The molecule has 0 atom stereocenters. The number of benzene rings is 1. The van der Waals surface area contributed by atoms with Crippen molar-refractivity contribution in [1.82, 2.24) is 24.6 Å². The van der Waals surface area contributed by atoms with Gasteiger partial charge in [-0.05, 0) is 38.0 Å². The summed E-state index contributed by atoms with van der Waals surface area (Å²) >= 11 is 0. The molecule has 4 rings (SSSR count). The van der Waals surface area contributed by atoms with Crippen LogP contribution in [-0.2, 0) is 30.7 Å². The number of amides is 1. The highest BCUT2D eigenvalue weighted by Gasteiger charge is 2.31. The molecule has 0 aliphatic carbocycles. The van der Waals surface area contributed by atoms with E-state index in [0.717, 1.165) is 34.7 Å². The third kappa shape index (κ3) is 4.87. The molecule has 0 spiro atoms. The van der Waals surface area contributed by atoms with Crippen LogP contribution in [0.15, 0.2) is 36.7 Å². The van der Waals surface area contributed by atoms with Crippen LogP contribution in [0.3, 0.4) is 0 Å². The van der Waals surface area contributed by atoms with E-state index in [9.17, 15) is 9.59 Å². The second kappa shape index (κ2) is 9.81. The maximum atomic E-state index is 13.0. The van der Waals surface area contributed by atoms with Crippen molar-refractivity contribution in [2.75, 3.05) is 20.3 Å². The number of ether oxygens (including phenoxy) is 2. The second-order valence-electron chi connectivity index (χ2n) is 7.84. The molecule has 3 heterocycles. The normalized spacial score (nSPS) is 12.9. The van der Waals surface area contributed by atoms with Crippen molar-refractivity contribution in [2.24, 2.45) is 0 Å². The number of rotatable bonds is 7. The van der Waals surface area contributed by atoms with Crippen LogP contribution in [0.2, 0.25) is 0 Å². The molecule has 9 nitrogen and oxygen atoms in total. The maximum Gasteiger partial charge on any atom is 0.359 e. The van der Waals surface area contributed by atoms with Gasteiger partial charge in [-0.25, -0.2) is 9.78 Å². The fraction of sp³-hybridized carbons (Fsp3) is 0.375. The molecule has 1 amide bonds. The highest BCUT2D eigenvalue weighted by molar-refractivity contribution is 5.93. The maximum absolute atomic E-state index is 13.0. The number of nitrogens with zero attached hydrogens (tertiary/aromatic N) is 5. The molecule has 0 N–H and O–H groups in total. The van der Waals surface area contributed by atoms with Crippen LogP contribution in [0, 0.1) is 6.92 Å². The summed E-state index contributed by atoms with van der Waals surface area (Å²) in [4.78, 5) is 35.6. The number of fused-ring (bicyclic) bond motifs is 1. The molecule has 1 aromatic carbocycles. The first kappa shape index (κ1) is 22.4. The highest BCUT2D eigenvalue weighted by atomic mass is 16.5. The van der Waals surface area contributed by atoms with E-state index in [1.165, 1.54) is 6.20 Å². The van der Waals surface area contributed by atoms with Gasteiger partial charge in [0, 0.05) is 37.0 Å². The third-order valence-electron chi connectivity index (χ3n) is 5.66. The lowest BCUT2D eigenvalue weighted by atomic mass is 10.0. The zero-order valence-corrected chi connectivity index (χ0v) is 19.1. The predicted molar refractivity (Wildman–Crippen MR) is 120 cm³/mol. The highest BCUT2D eigenvalue weighted by Crippen LogP contribution is 2.25. The first-order valence-corrected chi connectivity index (χ1v) is 11.0. The van der Waals surface area contributed by atoms with E-state index in [1.54, 1.807) is 25.1 Å². The molecule has 0 unspecified atom stereocenters. The molecular formula is C24H27N5O4. The number of aryl methyl sites for hydroxylation is 3. The molecule has 0 saturated heterocycles. The fourth-order valence-electron chi connectivity index (χ4n) is 3.90. The average Bonchev–Trinajstić information content (AvgIpc) is 3.21. The van der Waals surface area contributed by atoms with Crippen LogP contribution in [-0.4, -0.2) is 56.8 Å². The van der Waals surface area contributed by atoms with Gasteiger partial charge in [0.2, 0.25) is 0 Å². The lowest BCUT2D eigenvalue weighted by molar-refractivity contribution is 0.0513. The zero-order chi connectivity index (χ0) is 23.4. The number of hydrogen-bond acceptors (Lipinski definition) is 7. The molecular weight excluding hydrogens is 422 g/mol. The summed E-state index contributed by atoms with van der Waals surface area (Å²) in [5.41, 5.74) is 4.15. The van der Waals surface area contributed by atoms with Crippen molar-refractivity contribution in [3.63, 3.8) is 0 Å². The minimum Gasteiger partial charge on any atom is -0.497 e. The van der Waals surface area contributed by atoms with Crippen LogP contribution in [0.25, 0.3) is 0 Å². The van der Waals surface area contributed by atoms with Gasteiger partial charge in [-0.15, -0.1) is 0 Å². The molecule has 2 aromatic heterocycles. The number of hydrogen-bond donors (Lipinski definition) is 0. The van der Waals surface area contributed by atoms with Gasteiger partial charge in [-0.1, -0.05) is 12.1 Å². The van der Waals surface area contributed by atoms with E-state index in [1.807, 2.05) is 35.9 Å². The van der Waals surface area contributed by atoms with Gasteiger partial charge in [0.15, 0.2) is 5.69 Å². The Morgan fingerprint density at radius 3 is 2.58 bits per heavy atom. The number of esters is 1. The monoisotopic (exact) mass is 449 g/mol. The smallest absolute Gasteiger partial charge is 0.359 e. The van der Waals surface area contributed by atoms with Gasteiger partial charge in [0.25, 0.3) is 5.91 Å². The van der Waals surface area contributed by atoms with Gasteiger partial charge in [-0.3, -0.25) is 14.5 Å². The van der Waals surface area contributed by atoms with Crippen molar-refractivity contribution >= 4 is 11.9 Å². The van der Waals surface area contributed by atoms with E-state index < -0.39 is 5.97 Å². The van der Waals surface area contributed by atoms with Crippen molar-refractivity contribution in [3.05, 3.63) is 70.6 Å². The van der Waals surface area contributed by atoms with Crippen molar-refractivity contribution in [1.29, 1.82) is 0 Å². The Bertz CT molecular complexity index is 1140. The van der Waals surface area contributed by atoms with Crippen molar-refractivity contribution < 1.29 is 19.1 Å². The Balaban J connectivity index is 1.57. The van der Waals surface area contributed by atoms with Gasteiger partial charge < -0.3 is 14.4 Å². The zero-order valence-electron chi connectivity index (χ0n) is 19.1. The SMILES string of the molecule is CCOC(=O)c1nn(CCc2ccc(OC)cc2)c2c1CN(C(=O)c1cnc(C)cn1)CC2. The third-order valence-corrected chi connectivity index (χ3v) is 5.66. The molecule has 172 valence electrons. The molecule has 0 saturated carbocycles. The minimum atomic E-state index is -0.471. The quantitative estimate of drug-likeness (QED) is 0.511. The standard InChI is InChI=1S/C24H27N5O4/c1-4-33-24(31)22-19-15-28(23(30)20-14-25-16(2)13-26-20)11-10-21(19)29(27-22)12-9-17-5-7-18(32-3)8-6-17/h5-8,13-14H,4,9-12,15H2,1-3H3. The van der Waals surface area contributed by atoms with E-state index in [-0.39, 0.29) is 30.4 Å². The number of carbonyl (C=O) groups excluding carboxylic acids is 2. The van der Waals surface area contributed by atoms with E-state index >= 15 is 0 Å². The molecule has 0 fully saturated rings. The number of methoxy groups -OCH3 is 1. The van der Waals surface area contributed by atoms with Gasteiger partial charge in [0.05, 0.1) is 32.2 Å².